The molecule has 1 aliphatic carbocycles. The number of aromatic nitrogens is 2. The number of aliphatic hydroxyl groups is 1. The topological polar surface area (TPSA) is 58.0 Å². The number of anilines is 1. The first-order valence-corrected chi connectivity index (χ1v) is 6.85. The van der Waals surface area contributed by atoms with Crippen molar-refractivity contribution in [2.75, 3.05) is 18.5 Å². The van der Waals surface area contributed by atoms with Crippen LogP contribution in [0.2, 0.25) is 5.15 Å². The van der Waals surface area contributed by atoms with Gasteiger partial charge in [-0.2, -0.15) is 0 Å². The third-order valence-corrected chi connectivity index (χ3v) is 4.41. The molecule has 2 rings (SSSR count). The number of nitrogens with one attached hydrogen (secondary N) is 1. The van der Waals surface area contributed by atoms with Crippen molar-refractivity contribution in [3.63, 3.8) is 0 Å². The van der Waals surface area contributed by atoms with Crippen LogP contribution in [0, 0.1) is 25.7 Å². The second kappa shape index (κ2) is 5.85. The summed E-state index contributed by atoms with van der Waals surface area (Å²) in [4.78, 5) is 0. The second-order valence-corrected chi connectivity index (χ2v) is 5.46. The largest absolute Gasteiger partial charge is 0.396 e. The Morgan fingerprint density at radius 2 is 1.94 bits per heavy atom. The van der Waals surface area contributed by atoms with Crippen molar-refractivity contribution >= 4 is 17.4 Å². The van der Waals surface area contributed by atoms with Crippen LogP contribution in [-0.4, -0.2) is 28.5 Å². The minimum Gasteiger partial charge on any atom is -0.396 e. The predicted octanol–water partition coefficient (Wildman–Crippen LogP) is 2.57. The number of halogens is 1. The third kappa shape index (κ3) is 2.75. The number of nitrogens with zero attached hydrogens (tertiary/aromatic N) is 2. The van der Waals surface area contributed by atoms with E-state index in [1.165, 1.54) is 12.8 Å². The Balaban J connectivity index is 2.00. The molecule has 1 fully saturated rings. The summed E-state index contributed by atoms with van der Waals surface area (Å²) < 4.78 is 0. The lowest BCUT2D eigenvalue weighted by Crippen LogP contribution is -2.21. The summed E-state index contributed by atoms with van der Waals surface area (Å²) in [6.07, 6.45) is 3.52. The monoisotopic (exact) mass is 269 g/mol. The van der Waals surface area contributed by atoms with Crippen molar-refractivity contribution in [3.05, 3.63) is 16.3 Å². The zero-order valence-corrected chi connectivity index (χ0v) is 11.7. The van der Waals surface area contributed by atoms with Crippen LogP contribution in [0.15, 0.2) is 0 Å². The highest BCUT2D eigenvalue weighted by Crippen LogP contribution is 2.31. The van der Waals surface area contributed by atoms with Crippen molar-refractivity contribution in [2.45, 2.75) is 33.1 Å². The molecule has 0 aliphatic heterocycles. The van der Waals surface area contributed by atoms with Crippen LogP contribution in [0.5, 0.6) is 0 Å². The number of hydrogen-bond donors (Lipinski definition) is 2. The fourth-order valence-corrected chi connectivity index (χ4v) is 2.77. The lowest BCUT2D eigenvalue weighted by Gasteiger charge is -2.19. The van der Waals surface area contributed by atoms with E-state index in [2.05, 4.69) is 15.5 Å². The zero-order chi connectivity index (χ0) is 13.1. The smallest absolute Gasteiger partial charge is 0.155 e. The van der Waals surface area contributed by atoms with Crippen LogP contribution in [0.1, 0.15) is 30.4 Å². The van der Waals surface area contributed by atoms with E-state index in [1.54, 1.807) is 0 Å². The van der Waals surface area contributed by atoms with Crippen LogP contribution in [0.25, 0.3) is 0 Å². The van der Waals surface area contributed by atoms with Gasteiger partial charge in [-0.1, -0.05) is 18.0 Å². The molecule has 2 atom stereocenters. The Bertz CT molecular complexity index is 425. The van der Waals surface area contributed by atoms with Crippen molar-refractivity contribution in [2.24, 2.45) is 11.8 Å². The van der Waals surface area contributed by atoms with Crippen LogP contribution in [-0.2, 0) is 0 Å². The second-order valence-electron chi connectivity index (χ2n) is 5.10. The van der Waals surface area contributed by atoms with Gasteiger partial charge >= 0.3 is 0 Å². The van der Waals surface area contributed by atoms with Gasteiger partial charge in [0, 0.05) is 13.2 Å². The Morgan fingerprint density at radius 1 is 1.22 bits per heavy atom. The van der Waals surface area contributed by atoms with Crippen molar-refractivity contribution in [3.8, 4) is 0 Å². The molecule has 0 bridgehead atoms. The third-order valence-electron chi connectivity index (χ3n) is 4.05. The molecule has 5 heteroatoms. The SMILES string of the molecule is Cc1c(Cl)nnc(NCC2CCCC2CO)c1C. The summed E-state index contributed by atoms with van der Waals surface area (Å²) in [6.45, 7) is 5.08. The molecule has 2 N–H and O–H groups in total. The molecule has 0 aromatic carbocycles. The van der Waals surface area contributed by atoms with Gasteiger partial charge in [0.25, 0.3) is 0 Å². The fraction of sp³-hybridized carbons (Fsp3) is 0.692. The van der Waals surface area contributed by atoms with Gasteiger partial charge in [0.2, 0.25) is 0 Å². The normalized spacial score (nSPS) is 23.3. The summed E-state index contributed by atoms with van der Waals surface area (Å²) in [7, 11) is 0. The van der Waals surface area contributed by atoms with E-state index in [0.717, 1.165) is 29.9 Å². The Hall–Kier alpha value is -0.870. The van der Waals surface area contributed by atoms with E-state index in [0.29, 0.717) is 17.0 Å². The van der Waals surface area contributed by atoms with Gasteiger partial charge in [-0.3, -0.25) is 0 Å². The molecule has 0 amide bonds. The molecule has 1 aliphatic rings. The first kappa shape index (κ1) is 13.6. The van der Waals surface area contributed by atoms with E-state index >= 15 is 0 Å². The summed E-state index contributed by atoms with van der Waals surface area (Å²) in [5.74, 6) is 1.77. The predicted molar refractivity (Wildman–Crippen MR) is 72.9 cm³/mol. The molecule has 4 nitrogen and oxygen atoms in total. The lowest BCUT2D eigenvalue weighted by atomic mass is 9.97. The quantitative estimate of drug-likeness (QED) is 0.882. The van der Waals surface area contributed by atoms with Gasteiger partial charge < -0.3 is 10.4 Å². The van der Waals surface area contributed by atoms with Crippen molar-refractivity contribution in [1.29, 1.82) is 0 Å². The molecule has 100 valence electrons. The fourth-order valence-electron chi connectivity index (χ4n) is 2.59. The molecular weight excluding hydrogens is 250 g/mol. The van der Waals surface area contributed by atoms with Crippen LogP contribution >= 0.6 is 11.6 Å². The first-order chi connectivity index (χ1) is 8.63. The Morgan fingerprint density at radius 3 is 2.67 bits per heavy atom. The molecule has 1 heterocycles. The molecule has 0 radical (unpaired) electrons. The van der Waals surface area contributed by atoms with Crippen molar-refractivity contribution in [1.82, 2.24) is 10.2 Å². The molecule has 18 heavy (non-hydrogen) atoms. The van der Waals surface area contributed by atoms with Crippen molar-refractivity contribution < 1.29 is 5.11 Å². The highest BCUT2D eigenvalue weighted by atomic mass is 35.5. The van der Waals surface area contributed by atoms with Gasteiger partial charge in [0.1, 0.15) is 0 Å². The summed E-state index contributed by atoms with van der Waals surface area (Å²) in [6, 6.07) is 0. The number of aliphatic hydroxyl groups excluding tert-OH is 1. The molecule has 1 aromatic heterocycles. The summed E-state index contributed by atoms with van der Waals surface area (Å²) in [5, 5.41) is 21.1. The van der Waals surface area contributed by atoms with E-state index < -0.39 is 0 Å². The van der Waals surface area contributed by atoms with Gasteiger partial charge in [-0.15, -0.1) is 10.2 Å². The highest BCUT2D eigenvalue weighted by Gasteiger charge is 2.26. The molecule has 0 spiro atoms. The maximum atomic E-state index is 9.30. The Kier molecular flexibility index (Phi) is 4.40. The van der Waals surface area contributed by atoms with Crippen LogP contribution < -0.4 is 5.32 Å². The minimum atomic E-state index is 0.288. The molecule has 1 saturated carbocycles. The van der Waals surface area contributed by atoms with E-state index in [9.17, 15) is 5.11 Å². The molecular formula is C13H20ClN3O. The maximum absolute atomic E-state index is 9.30. The van der Waals surface area contributed by atoms with E-state index in [-0.39, 0.29) is 6.61 Å². The summed E-state index contributed by atoms with van der Waals surface area (Å²) >= 11 is 5.92. The molecule has 0 saturated heterocycles. The molecule has 2 unspecified atom stereocenters. The van der Waals surface area contributed by atoms with E-state index in [4.69, 9.17) is 11.6 Å². The van der Waals surface area contributed by atoms with Crippen LogP contribution in [0.4, 0.5) is 5.82 Å². The van der Waals surface area contributed by atoms with Crippen LogP contribution in [0.3, 0.4) is 0 Å². The zero-order valence-electron chi connectivity index (χ0n) is 10.9. The Labute approximate surface area is 113 Å². The minimum absolute atomic E-state index is 0.288. The number of rotatable bonds is 4. The summed E-state index contributed by atoms with van der Waals surface area (Å²) in [5.41, 5.74) is 2.02. The lowest BCUT2D eigenvalue weighted by molar-refractivity contribution is 0.199. The maximum Gasteiger partial charge on any atom is 0.155 e. The van der Waals surface area contributed by atoms with Gasteiger partial charge in [0.05, 0.1) is 0 Å². The first-order valence-electron chi connectivity index (χ1n) is 6.47. The standard InChI is InChI=1S/C13H20ClN3O/c1-8-9(2)13(17-16-12(8)14)15-6-10-4-3-5-11(10)7-18/h10-11,18H,3-7H2,1-2H3,(H,15,17). The number of hydrogen-bond acceptors (Lipinski definition) is 4. The molecule has 1 aromatic rings. The average Bonchev–Trinajstić information content (AvgIpc) is 2.82. The average molecular weight is 270 g/mol. The van der Waals surface area contributed by atoms with Gasteiger partial charge in [0.15, 0.2) is 11.0 Å². The van der Waals surface area contributed by atoms with Gasteiger partial charge in [-0.25, -0.2) is 0 Å². The van der Waals surface area contributed by atoms with E-state index in [1.807, 2.05) is 13.8 Å². The van der Waals surface area contributed by atoms with Gasteiger partial charge in [-0.05, 0) is 49.7 Å². The highest BCUT2D eigenvalue weighted by molar-refractivity contribution is 6.30.